The number of aromatic amines is 1. The minimum atomic E-state index is -0.588. The summed E-state index contributed by atoms with van der Waals surface area (Å²) in [5, 5.41) is 6.03. The van der Waals surface area contributed by atoms with Crippen LogP contribution in [-0.2, 0) is 20.8 Å². The van der Waals surface area contributed by atoms with Crippen molar-refractivity contribution in [2.75, 3.05) is 12.3 Å². The summed E-state index contributed by atoms with van der Waals surface area (Å²) in [4.78, 5) is 45.2. The van der Waals surface area contributed by atoms with Gasteiger partial charge in [-0.15, -0.1) is 11.8 Å². The monoisotopic (exact) mass is 380 g/mol. The number of primary amides is 1. The van der Waals surface area contributed by atoms with E-state index in [2.05, 4.69) is 20.6 Å². The maximum absolute atomic E-state index is 13.1. The average molecular weight is 380 g/mol. The molecule has 2 aliphatic rings. The number of nitrogens with zero attached hydrogens (tertiary/aromatic N) is 2. The molecule has 3 heterocycles. The molecule has 3 amide bonds. The molecule has 26 heavy (non-hydrogen) atoms. The van der Waals surface area contributed by atoms with Gasteiger partial charge in [0.25, 0.3) is 0 Å². The molecule has 4 atom stereocenters. The number of rotatable bonds is 6. The maximum atomic E-state index is 13.1. The molecule has 9 nitrogen and oxygen atoms in total. The molecule has 1 aromatic heterocycles. The number of H-pyrrole nitrogens is 1. The number of hydrogen-bond donors (Lipinski definition) is 4. The van der Waals surface area contributed by atoms with Crippen LogP contribution in [-0.4, -0.2) is 68.4 Å². The van der Waals surface area contributed by atoms with Gasteiger partial charge in [-0.05, 0) is 19.8 Å². The Bertz CT molecular complexity index is 667. The molecule has 1 aromatic rings. The summed E-state index contributed by atoms with van der Waals surface area (Å²) >= 11 is 1.54. The lowest BCUT2D eigenvalue weighted by Gasteiger charge is -2.33. The summed E-state index contributed by atoms with van der Waals surface area (Å²) in [6.45, 7) is 2.36. The largest absolute Gasteiger partial charge is 0.368 e. The standard InChI is InChI=1S/C16H24N6O3S/c1-9-15(24)21-13(7-26-9)20-11(5-10-6-18-8-19-10)16(25)22-4-2-3-12(22)14(17)23/h6,8-9,11-13,20H,2-5,7H2,1H3,(H2,17,23)(H,18,19)(H,21,24). The molecule has 0 bridgehead atoms. The predicted molar refractivity (Wildman–Crippen MR) is 97.0 cm³/mol. The Balaban J connectivity index is 1.73. The number of imidazole rings is 1. The van der Waals surface area contributed by atoms with Gasteiger partial charge in [0.05, 0.1) is 23.8 Å². The second-order valence-electron chi connectivity index (χ2n) is 6.63. The lowest BCUT2D eigenvalue weighted by atomic mass is 10.1. The zero-order valence-electron chi connectivity index (χ0n) is 14.6. The van der Waals surface area contributed by atoms with Crippen molar-refractivity contribution in [1.82, 2.24) is 25.5 Å². The molecule has 0 aliphatic carbocycles. The Hall–Kier alpha value is -2.07. The van der Waals surface area contributed by atoms with Crippen LogP contribution in [0.25, 0.3) is 0 Å². The normalized spacial score (nSPS) is 27.2. The third-order valence-corrected chi connectivity index (χ3v) is 5.98. The van der Waals surface area contributed by atoms with Gasteiger partial charge < -0.3 is 20.9 Å². The van der Waals surface area contributed by atoms with Gasteiger partial charge in [-0.3, -0.25) is 19.7 Å². The van der Waals surface area contributed by atoms with Gasteiger partial charge >= 0.3 is 0 Å². The van der Waals surface area contributed by atoms with Gasteiger partial charge in [0.2, 0.25) is 17.7 Å². The van der Waals surface area contributed by atoms with Crippen LogP contribution in [0.3, 0.4) is 0 Å². The van der Waals surface area contributed by atoms with Crippen molar-refractivity contribution >= 4 is 29.5 Å². The highest BCUT2D eigenvalue weighted by Gasteiger charge is 2.37. The number of aromatic nitrogens is 2. The van der Waals surface area contributed by atoms with Crippen molar-refractivity contribution in [2.45, 2.75) is 49.7 Å². The lowest BCUT2D eigenvalue weighted by Crippen LogP contribution is -2.60. The first kappa shape index (κ1) is 18.7. The zero-order valence-corrected chi connectivity index (χ0v) is 15.4. The van der Waals surface area contributed by atoms with Crippen LogP contribution in [0.4, 0.5) is 0 Å². The minimum Gasteiger partial charge on any atom is -0.368 e. The number of likely N-dealkylation sites (tertiary alicyclic amines) is 1. The number of carbonyl (C=O) groups is 3. The van der Waals surface area contributed by atoms with Crippen LogP contribution in [0, 0.1) is 0 Å². The highest BCUT2D eigenvalue weighted by atomic mass is 32.2. The predicted octanol–water partition coefficient (Wildman–Crippen LogP) is -1.04. The molecule has 0 aromatic carbocycles. The number of thioether (sulfide) groups is 1. The van der Waals surface area contributed by atoms with Crippen LogP contribution in [0.2, 0.25) is 0 Å². The highest BCUT2D eigenvalue weighted by Crippen LogP contribution is 2.20. The smallest absolute Gasteiger partial charge is 0.240 e. The second kappa shape index (κ2) is 8.09. The molecule has 5 N–H and O–H groups in total. The number of hydrogen-bond acceptors (Lipinski definition) is 6. The van der Waals surface area contributed by atoms with Gasteiger partial charge in [0.1, 0.15) is 6.04 Å². The molecule has 142 valence electrons. The van der Waals surface area contributed by atoms with Crippen LogP contribution < -0.4 is 16.4 Å². The average Bonchev–Trinajstić information content (AvgIpc) is 3.28. The number of amides is 3. The molecule has 2 saturated heterocycles. The van der Waals surface area contributed by atoms with Crippen molar-refractivity contribution < 1.29 is 14.4 Å². The summed E-state index contributed by atoms with van der Waals surface area (Å²) < 4.78 is 0. The third kappa shape index (κ3) is 4.18. The fourth-order valence-corrected chi connectivity index (χ4v) is 4.22. The second-order valence-corrected chi connectivity index (χ2v) is 8.00. The van der Waals surface area contributed by atoms with Gasteiger partial charge in [-0.25, -0.2) is 4.98 Å². The van der Waals surface area contributed by atoms with Crippen molar-refractivity contribution in [2.24, 2.45) is 5.73 Å². The molecule has 4 unspecified atom stereocenters. The summed E-state index contributed by atoms with van der Waals surface area (Å²) in [5.41, 5.74) is 6.25. The van der Waals surface area contributed by atoms with E-state index in [0.29, 0.717) is 25.1 Å². The topological polar surface area (TPSA) is 133 Å². The van der Waals surface area contributed by atoms with Crippen molar-refractivity contribution in [3.05, 3.63) is 18.2 Å². The molecule has 3 rings (SSSR count). The van der Waals surface area contributed by atoms with Gasteiger partial charge in [0.15, 0.2) is 0 Å². The van der Waals surface area contributed by atoms with Crippen LogP contribution in [0.1, 0.15) is 25.5 Å². The summed E-state index contributed by atoms with van der Waals surface area (Å²) in [6.07, 6.45) is 4.63. The van der Waals surface area contributed by atoms with E-state index in [1.165, 1.54) is 11.8 Å². The van der Waals surface area contributed by atoms with Crippen molar-refractivity contribution in [3.8, 4) is 0 Å². The van der Waals surface area contributed by atoms with E-state index in [4.69, 9.17) is 5.73 Å². The van der Waals surface area contributed by atoms with E-state index in [9.17, 15) is 14.4 Å². The van der Waals surface area contributed by atoms with Gasteiger partial charge in [-0.1, -0.05) is 0 Å². The quantitative estimate of drug-likeness (QED) is 0.498. The Kier molecular flexibility index (Phi) is 5.82. The number of nitrogens with one attached hydrogen (secondary N) is 3. The molecule has 0 radical (unpaired) electrons. The lowest BCUT2D eigenvalue weighted by molar-refractivity contribution is -0.139. The van der Waals surface area contributed by atoms with Crippen LogP contribution in [0.15, 0.2) is 12.5 Å². The van der Waals surface area contributed by atoms with Gasteiger partial charge in [0, 0.05) is 30.6 Å². The molecule has 0 saturated carbocycles. The first-order chi connectivity index (χ1) is 12.5. The van der Waals surface area contributed by atoms with Crippen molar-refractivity contribution in [1.29, 1.82) is 0 Å². The molecular weight excluding hydrogens is 356 g/mol. The van der Waals surface area contributed by atoms with Crippen LogP contribution in [0.5, 0.6) is 0 Å². The van der Waals surface area contributed by atoms with E-state index < -0.39 is 18.0 Å². The van der Waals surface area contributed by atoms with Gasteiger partial charge in [-0.2, -0.15) is 0 Å². The third-order valence-electron chi connectivity index (χ3n) is 4.74. The summed E-state index contributed by atoms with van der Waals surface area (Å²) in [5.74, 6) is -0.0493. The highest BCUT2D eigenvalue weighted by molar-refractivity contribution is 8.00. The van der Waals surface area contributed by atoms with E-state index >= 15 is 0 Å². The Morgan fingerprint density at radius 2 is 2.35 bits per heavy atom. The fraction of sp³-hybridized carbons (Fsp3) is 0.625. The first-order valence-electron chi connectivity index (χ1n) is 8.70. The van der Waals surface area contributed by atoms with E-state index in [-0.39, 0.29) is 23.2 Å². The van der Waals surface area contributed by atoms with E-state index in [1.54, 1.807) is 17.4 Å². The maximum Gasteiger partial charge on any atom is 0.240 e. The van der Waals surface area contributed by atoms with Crippen LogP contribution >= 0.6 is 11.8 Å². The summed E-state index contributed by atoms with van der Waals surface area (Å²) in [7, 11) is 0. The van der Waals surface area contributed by atoms with Crippen molar-refractivity contribution in [3.63, 3.8) is 0 Å². The Morgan fingerprint density at radius 1 is 1.54 bits per heavy atom. The molecular formula is C16H24N6O3S. The Labute approximate surface area is 155 Å². The van der Waals surface area contributed by atoms with E-state index in [1.807, 2.05) is 6.92 Å². The SMILES string of the molecule is CC1SCC(NC(Cc2cnc[nH]2)C(=O)N2CCCC2C(N)=O)NC1=O. The fourth-order valence-electron chi connectivity index (χ4n) is 3.34. The minimum absolute atomic E-state index is 0.0531. The first-order valence-corrected chi connectivity index (χ1v) is 9.75. The number of carbonyl (C=O) groups excluding carboxylic acids is 3. The molecule has 2 fully saturated rings. The molecule has 2 aliphatic heterocycles. The molecule has 0 spiro atoms. The summed E-state index contributed by atoms with van der Waals surface area (Å²) in [6, 6.07) is -1.15. The Morgan fingerprint density at radius 3 is 3.00 bits per heavy atom. The van der Waals surface area contributed by atoms with E-state index in [0.717, 1.165) is 12.1 Å². The zero-order chi connectivity index (χ0) is 18.7. The molecule has 10 heteroatoms. The number of nitrogens with two attached hydrogens (primary N) is 1.